The van der Waals surface area contributed by atoms with Crippen LogP contribution in [0.5, 0.6) is 0 Å². The number of rotatable bonds is 36. The van der Waals surface area contributed by atoms with Crippen LogP contribution in [0.3, 0.4) is 0 Å². The van der Waals surface area contributed by atoms with Crippen molar-refractivity contribution in [3.63, 3.8) is 0 Å². The van der Waals surface area contributed by atoms with Crippen LogP contribution >= 0.6 is 0 Å². The quantitative estimate of drug-likeness (QED) is 0.0339. The lowest BCUT2D eigenvalue weighted by atomic mass is 9.98. The van der Waals surface area contributed by atoms with Crippen LogP contribution < -0.4 is 0 Å². The number of ketones is 2. The van der Waals surface area contributed by atoms with Gasteiger partial charge in [0.15, 0.2) is 11.6 Å². The van der Waals surface area contributed by atoms with Gasteiger partial charge in [0.1, 0.15) is 0 Å². The number of carbonyl (C=O) groups is 2. The fourth-order valence-corrected chi connectivity index (χ4v) is 9.73. The monoisotopic (exact) mass is 807 g/mol. The van der Waals surface area contributed by atoms with Crippen LogP contribution in [-0.4, -0.2) is 20.7 Å². The Morgan fingerprint density at radius 3 is 0.949 bits per heavy atom. The predicted molar refractivity (Wildman–Crippen MR) is 256 cm³/mol. The van der Waals surface area contributed by atoms with E-state index in [1.54, 1.807) is 0 Å². The fourth-order valence-electron chi connectivity index (χ4n) is 9.73. The van der Waals surface area contributed by atoms with Crippen LogP contribution in [0.25, 0.3) is 21.8 Å². The number of unbranched alkanes of at least 4 members (excludes halogenated alkanes) is 26. The molecular formula is C55H86N2O2. The summed E-state index contributed by atoms with van der Waals surface area (Å²) in [5.74, 6) is 0.339. The van der Waals surface area contributed by atoms with Gasteiger partial charge in [-0.15, -0.1) is 0 Å². The van der Waals surface area contributed by atoms with Crippen molar-refractivity contribution in [1.29, 1.82) is 0 Å². The van der Waals surface area contributed by atoms with Crippen molar-refractivity contribution in [2.45, 2.75) is 240 Å². The van der Waals surface area contributed by atoms with Gasteiger partial charge >= 0.3 is 0 Å². The lowest BCUT2D eigenvalue weighted by Crippen LogP contribution is -2.07. The molecule has 2 aromatic heterocycles. The predicted octanol–water partition coefficient (Wildman–Crippen LogP) is 17.4. The zero-order chi connectivity index (χ0) is 41.9. The van der Waals surface area contributed by atoms with Gasteiger partial charge in [0, 0.05) is 70.3 Å². The van der Waals surface area contributed by atoms with Crippen molar-refractivity contribution in [2.24, 2.45) is 0 Å². The second kappa shape index (κ2) is 29.2. The van der Waals surface area contributed by atoms with E-state index in [9.17, 15) is 9.59 Å². The van der Waals surface area contributed by atoms with Crippen LogP contribution in [-0.2, 0) is 13.1 Å². The molecule has 4 aromatic rings. The lowest BCUT2D eigenvalue weighted by molar-refractivity contribution is 0.0958. The number of nitrogens with zero attached hydrogens (tertiary/aromatic N) is 2. The van der Waals surface area contributed by atoms with E-state index in [-0.39, 0.29) is 11.6 Å². The summed E-state index contributed by atoms with van der Waals surface area (Å²) in [5.41, 5.74) is 6.22. The summed E-state index contributed by atoms with van der Waals surface area (Å²) in [6.07, 6.45) is 39.4. The molecule has 0 saturated carbocycles. The molecule has 0 N–H and O–H groups in total. The molecule has 59 heavy (non-hydrogen) atoms. The van der Waals surface area contributed by atoms with Gasteiger partial charge in [0.05, 0.1) is 0 Å². The Bertz CT molecular complexity index is 1630. The van der Waals surface area contributed by atoms with Crippen LogP contribution in [0.2, 0.25) is 0 Å². The molecule has 328 valence electrons. The molecule has 0 radical (unpaired) electrons. The Morgan fingerprint density at radius 2 is 0.644 bits per heavy atom. The van der Waals surface area contributed by atoms with E-state index in [2.05, 4.69) is 85.4 Å². The normalized spacial score (nSPS) is 11.7. The average molecular weight is 807 g/mol. The number of carbonyl (C=O) groups excluding carboxylic acids is 2. The fraction of sp³-hybridized carbons (Fsp3) is 0.673. The Balaban J connectivity index is 1.18. The summed E-state index contributed by atoms with van der Waals surface area (Å²) in [4.78, 5) is 27.8. The van der Waals surface area contributed by atoms with Crippen molar-refractivity contribution in [2.75, 3.05) is 0 Å². The highest BCUT2D eigenvalue weighted by Gasteiger charge is 2.22. The molecule has 0 saturated heterocycles. The Labute approximate surface area is 361 Å². The van der Waals surface area contributed by atoms with Gasteiger partial charge in [-0.1, -0.05) is 217 Å². The molecule has 0 unspecified atom stereocenters. The highest BCUT2D eigenvalue weighted by Crippen LogP contribution is 2.31. The number of aromatic nitrogens is 2. The molecule has 4 nitrogen and oxygen atoms in total. The summed E-state index contributed by atoms with van der Waals surface area (Å²) < 4.78 is 4.76. The first-order chi connectivity index (χ1) is 29.0. The van der Waals surface area contributed by atoms with Crippen LogP contribution in [0.4, 0.5) is 0 Å². The number of benzene rings is 2. The molecule has 4 rings (SSSR count). The molecule has 0 fully saturated rings. The van der Waals surface area contributed by atoms with Gasteiger partial charge in [-0.05, 0) is 45.2 Å². The third-order valence-corrected chi connectivity index (χ3v) is 13.3. The van der Waals surface area contributed by atoms with Gasteiger partial charge in [0.25, 0.3) is 0 Å². The molecule has 0 aliphatic carbocycles. The molecule has 2 aromatic carbocycles. The molecule has 0 aliphatic rings. The topological polar surface area (TPSA) is 44.0 Å². The highest BCUT2D eigenvalue weighted by molar-refractivity contribution is 6.11. The summed E-state index contributed by atoms with van der Waals surface area (Å²) in [6.45, 7) is 10.7. The molecule has 0 aliphatic heterocycles. The van der Waals surface area contributed by atoms with Crippen LogP contribution in [0.15, 0.2) is 48.5 Å². The van der Waals surface area contributed by atoms with Crippen molar-refractivity contribution in [3.05, 3.63) is 71.0 Å². The van der Waals surface area contributed by atoms with Gasteiger partial charge in [-0.2, -0.15) is 0 Å². The Morgan fingerprint density at radius 1 is 0.373 bits per heavy atom. The molecule has 0 atom stereocenters. The first-order valence-electron chi connectivity index (χ1n) is 25.2. The number of hydrogen-bond donors (Lipinski definition) is 0. The zero-order valence-electron chi connectivity index (χ0n) is 38.7. The molecular weight excluding hydrogens is 721 g/mol. The first-order valence-corrected chi connectivity index (χ1v) is 25.2. The standard InChI is InChI=1S/C55H86N2O2/c1-5-7-9-11-13-15-17-19-21-23-25-27-29-35-44-56-46(3)54(48-38-31-33-40-50(48)56)52(58)42-37-43-53(59)55-47(4)57(51-41-34-32-39-49(51)55)45-36-30-28-26-24-22-20-18-16-14-12-10-8-6-2/h31-34,38-41H,5-30,35-37,42-45H2,1-4H3. The molecule has 2 heterocycles. The maximum absolute atomic E-state index is 13.9. The summed E-state index contributed by atoms with van der Waals surface area (Å²) in [7, 11) is 0. The van der Waals surface area contributed by atoms with Crippen molar-refractivity contribution in [3.8, 4) is 0 Å². The second-order valence-corrected chi connectivity index (χ2v) is 18.2. The maximum atomic E-state index is 13.9. The Kier molecular flexibility index (Phi) is 24.0. The van der Waals surface area contributed by atoms with E-state index in [4.69, 9.17) is 0 Å². The van der Waals surface area contributed by atoms with E-state index in [0.717, 1.165) is 59.2 Å². The number of fused-ring (bicyclic) bond motifs is 2. The summed E-state index contributed by atoms with van der Waals surface area (Å²) in [6, 6.07) is 16.8. The minimum Gasteiger partial charge on any atom is -0.344 e. The average Bonchev–Trinajstić information content (AvgIpc) is 3.69. The molecule has 0 bridgehead atoms. The van der Waals surface area contributed by atoms with E-state index < -0.39 is 0 Å². The van der Waals surface area contributed by atoms with Gasteiger partial charge < -0.3 is 9.13 Å². The van der Waals surface area contributed by atoms with E-state index in [0.29, 0.717) is 19.3 Å². The van der Waals surface area contributed by atoms with Gasteiger partial charge in [-0.3, -0.25) is 9.59 Å². The number of aryl methyl sites for hydroxylation is 2. The van der Waals surface area contributed by atoms with E-state index in [1.165, 1.54) is 178 Å². The van der Waals surface area contributed by atoms with E-state index >= 15 is 0 Å². The largest absolute Gasteiger partial charge is 0.344 e. The zero-order valence-corrected chi connectivity index (χ0v) is 38.7. The van der Waals surface area contributed by atoms with Crippen LogP contribution in [0.1, 0.15) is 245 Å². The van der Waals surface area contributed by atoms with Crippen molar-refractivity contribution in [1.82, 2.24) is 9.13 Å². The van der Waals surface area contributed by atoms with Crippen molar-refractivity contribution >= 4 is 33.4 Å². The van der Waals surface area contributed by atoms with Crippen molar-refractivity contribution < 1.29 is 9.59 Å². The van der Waals surface area contributed by atoms with Gasteiger partial charge in [-0.25, -0.2) is 0 Å². The number of Topliss-reactive ketones (excluding diaryl/α,β-unsaturated/α-hetero) is 2. The first kappa shape index (κ1) is 48.5. The Hall–Kier alpha value is -3.14. The maximum Gasteiger partial charge on any atom is 0.165 e. The van der Waals surface area contributed by atoms with Gasteiger partial charge in [0.2, 0.25) is 0 Å². The lowest BCUT2D eigenvalue weighted by Gasteiger charge is -2.09. The summed E-state index contributed by atoms with van der Waals surface area (Å²) >= 11 is 0. The van der Waals surface area contributed by atoms with Crippen LogP contribution in [0, 0.1) is 13.8 Å². The second-order valence-electron chi connectivity index (χ2n) is 18.2. The molecule has 0 spiro atoms. The van der Waals surface area contributed by atoms with E-state index in [1.807, 2.05) is 0 Å². The molecule has 4 heteroatoms. The highest BCUT2D eigenvalue weighted by atomic mass is 16.1. The molecule has 0 amide bonds. The summed E-state index contributed by atoms with van der Waals surface area (Å²) in [5, 5.41) is 2.13. The minimum atomic E-state index is 0.170. The number of para-hydroxylation sites is 2. The minimum absolute atomic E-state index is 0.170. The third kappa shape index (κ3) is 16.3. The smallest absolute Gasteiger partial charge is 0.165 e. The third-order valence-electron chi connectivity index (χ3n) is 13.3. The SMILES string of the molecule is CCCCCCCCCCCCCCCCn1c(C)c(C(=O)CCCC(=O)c2c(C)n(CCCCCCCCCCCCCCCC)c3ccccc23)c2ccccc21. The number of hydrogen-bond acceptors (Lipinski definition) is 2.